The molecule has 152 valence electrons. The molecule has 1 unspecified atom stereocenters. The van der Waals surface area contributed by atoms with Crippen LogP contribution in [-0.4, -0.2) is 36.0 Å². The molecular formula is C22H24N2O5. The third-order valence-corrected chi connectivity index (χ3v) is 4.64. The molecule has 2 aromatic rings. The van der Waals surface area contributed by atoms with Gasteiger partial charge in [0, 0.05) is 24.2 Å². The second-order valence-electron chi connectivity index (χ2n) is 7.11. The first kappa shape index (κ1) is 20.4. The highest BCUT2D eigenvalue weighted by molar-refractivity contribution is 5.94. The molecule has 1 saturated carbocycles. The molecule has 7 nitrogen and oxygen atoms in total. The van der Waals surface area contributed by atoms with E-state index in [0.29, 0.717) is 17.9 Å². The van der Waals surface area contributed by atoms with Crippen LogP contribution in [-0.2, 0) is 20.8 Å². The van der Waals surface area contributed by atoms with Crippen molar-refractivity contribution in [2.24, 2.45) is 11.8 Å². The van der Waals surface area contributed by atoms with Crippen LogP contribution in [0.25, 0.3) is 0 Å². The minimum absolute atomic E-state index is 0.00183. The summed E-state index contributed by atoms with van der Waals surface area (Å²) in [6, 6.07) is 16.1. The summed E-state index contributed by atoms with van der Waals surface area (Å²) in [5, 5.41) is 14.8. The van der Waals surface area contributed by atoms with Gasteiger partial charge in [-0.25, -0.2) is 0 Å². The molecule has 1 aliphatic rings. The van der Waals surface area contributed by atoms with E-state index in [0.717, 1.165) is 18.4 Å². The van der Waals surface area contributed by atoms with Crippen LogP contribution in [0.5, 0.6) is 5.75 Å². The summed E-state index contributed by atoms with van der Waals surface area (Å²) in [4.78, 5) is 35.3. The first-order chi connectivity index (χ1) is 14.0. The summed E-state index contributed by atoms with van der Waals surface area (Å²) in [6.07, 6.45) is 2.17. The second kappa shape index (κ2) is 9.73. The van der Waals surface area contributed by atoms with Gasteiger partial charge >= 0.3 is 5.97 Å². The van der Waals surface area contributed by atoms with Crippen molar-refractivity contribution in [1.29, 1.82) is 0 Å². The van der Waals surface area contributed by atoms with E-state index >= 15 is 0 Å². The number of hydrogen-bond donors (Lipinski definition) is 3. The SMILES string of the molecule is O=C(COc1cccc(NC(=O)C2CC2)c1)NCC(Cc1ccccc1)C(=O)O. The summed E-state index contributed by atoms with van der Waals surface area (Å²) in [5.41, 5.74) is 1.52. The van der Waals surface area contributed by atoms with Crippen molar-refractivity contribution in [1.82, 2.24) is 5.32 Å². The molecule has 0 bridgehead atoms. The standard InChI is InChI=1S/C22H24N2O5/c25-20(23-13-17(22(27)28)11-15-5-2-1-3-6-15)14-29-19-8-4-7-18(12-19)24-21(26)16-9-10-16/h1-8,12,16-17H,9-11,13-14H2,(H,23,25)(H,24,26)(H,27,28). The Morgan fingerprint density at radius 3 is 2.52 bits per heavy atom. The van der Waals surface area contributed by atoms with Crippen LogP contribution in [0.1, 0.15) is 18.4 Å². The maximum absolute atomic E-state index is 12.1. The zero-order chi connectivity index (χ0) is 20.6. The zero-order valence-corrected chi connectivity index (χ0v) is 16.0. The molecule has 29 heavy (non-hydrogen) atoms. The van der Waals surface area contributed by atoms with Crippen LogP contribution in [0, 0.1) is 11.8 Å². The number of benzene rings is 2. The Morgan fingerprint density at radius 1 is 1.07 bits per heavy atom. The number of nitrogens with one attached hydrogen (secondary N) is 2. The molecule has 0 aliphatic heterocycles. The predicted octanol–water partition coefficient (Wildman–Crippen LogP) is 2.47. The predicted molar refractivity (Wildman–Crippen MR) is 108 cm³/mol. The Morgan fingerprint density at radius 2 is 1.83 bits per heavy atom. The van der Waals surface area contributed by atoms with Gasteiger partial charge in [0.2, 0.25) is 5.91 Å². The Labute approximate surface area is 169 Å². The quantitative estimate of drug-likeness (QED) is 0.572. The third kappa shape index (κ3) is 6.64. The lowest BCUT2D eigenvalue weighted by Gasteiger charge is -2.14. The molecule has 1 atom stereocenters. The number of hydrogen-bond acceptors (Lipinski definition) is 4. The number of anilines is 1. The molecule has 2 amide bonds. The highest BCUT2D eigenvalue weighted by Crippen LogP contribution is 2.30. The summed E-state index contributed by atoms with van der Waals surface area (Å²) >= 11 is 0. The number of carbonyl (C=O) groups is 3. The minimum Gasteiger partial charge on any atom is -0.484 e. The zero-order valence-electron chi connectivity index (χ0n) is 16.0. The fraction of sp³-hybridized carbons (Fsp3) is 0.318. The molecule has 0 spiro atoms. The lowest BCUT2D eigenvalue weighted by atomic mass is 9.99. The lowest BCUT2D eigenvalue weighted by molar-refractivity contribution is -0.141. The van der Waals surface area contributed by atoms with Crippen molar-refractivity contribution in [3.05, 3.63) is 60.2 Å². The number of aliphatic carboxylic acids is 1. The van der Waals surface area contributed by atoms with E-state index in [2.05, 4.69) is 10.6 Å². The number of amides is 2. The van der Waals surface area contributed by atoms with Crippen LogP contribution in [0.4, 0.5) is 5.69 Å². The van der Waals surface area contributed by atoms with Crippen molar-refractivity contribution in [3.8, 4) is 5.75 Å². The number of carboxylic acid groups (broad SMARTS) is 1. The van der Waals surface area contributed by atoms with Gasteiger partial charge in [-0.2, -0.15) is 0 Å². The van der Waals surface area contributed by atoms with E-state index in [1.807, 2.05) is 30.3 Å². The Hall–Kier alpha value is -3.35. The van der Waals surface area contributed by atoms with E-state index in [4.69, 9.17) is 4.74 Å². The van der Waals surface area contributed by atoms with Gasteiger partial charge < -0.3 is 20.5 Å². The van der Waals surface area contributed by atoms with Gasteiger partial charge in [0.25, 0.3) is 5.91 Å². The fourth-order valence-corrected chi connectivity index (χ4v) is 2.84. The highest BCUT2D eigenvalue weighted by Gasteiger charge is 2.29. The van der Waals surface area contributed by atoms with Crippen molar-refractivity contribution in [2.75, 3.05) is 18.5 Å². The average molecular weight is 396 g/mol. The molecule has 0 aromatic heterocycles. The largest absolute Gasteiger partial charge is 0.484 e. The smallest absolute Gasteiger partial charge is 0.308 e. The van der Waals surface area contributed by atoms with Gasteiger partial charge in [0.1, 0.15) is 5.75 Å². The third-order valence-electron chi connectivity index (χ3n) is 4.64. The summed E-state index contributed by atoms with van der Waals surface area (Å²) in [6.45, 7) is -0.221. The topological polar surface area (TPSA) is 105 Å². The van der Waals surface area contributed by atoms with Crippen molar-refractivity contribution in [3.63, 3.8) is 0 Å². The number of carbonyl (C=O) groups excluding carboxylic acids is 2. The van der Waals surface area contributed by atoms with Crippen LogP contribution in [0.3, 0.4) is 0 Å². The summed E-state index contributed by atoms with van der Waals surface area (Å²) in [5.74, 6) is -1.54. The summed E-state index contributed by atoms with van der Waals surface area (Å²) in [7, 11) is 0. The molecule has 1 fully saturated rings. The van der Waals surface area contributed by atoms with Crippen molar-refractivity contribution >= 4 is 23.5 Å². The molecule has 0 saturated heterocycles. The van der Waals surface area contributed by atoms with Gasteiger partial charge in [0.05, 0.1) is 5.92 Å². The van der Waals surface area contributed by atoms with Gasteiger partial charge in [-0.05, 0) is 37.0 Å². The van der Waals surface area contributed by atoms with E-state index < -0.39 is 17.8 Å². The molecular weight excluding hydrogens is 372 g/mol. The second-order valence-corrected chi connectivity index (χ2v) is 7.11. The van der Waals surface area contributed by atoms with Crippen LogP contribution in [0.15, 0.2) is 54.6 Å². The van der Waals surface area contributed by atoms with Gasteiger partial charge in [0.15, 0.2) is 6.61 Å². The molecule has 7 heteroatoms. The maximum atomic E-state index is 12.1. The number of rotatable bonds is 10. The van der Waals surface area contributed by atoms with E-state index in [-0.39, 0.29) is 25.0 Å². The Bertz CT molecular complexity index is 865. The lowest BCUT2D eigenvalue weighted by Crippen LogP contribution is -2.36. The Balaban J connectivity index is 1.45. The first-order valence-corrected chi connectivity index (χ1v) is 9.58. The molecule has 0 heterocycles. The summed E-state index contributed by atoms with van der Waals surface area (Å²) < 4.78 is 5.47. The monoisotopic (exact) mass is 396 g/mol. The van der Waals surface area contributed by atoms with Gasteiger partial charge in [-0.1, -0.05) is 36.4 Å². The number of ether oxygens (including phenoxy) is 1. The van der Waals surface area contributed by atoms with Gasteiger partial charge in [-0.3, -0.25) is 14.4 Å². The van der Waals surface area contributed by atoms with Crippen LogP contribution < -0.4 is 15.4 Å². The molecule has 0 radical (unpaired) electrons. The van der Waals surface area contributed by atoms with E-state index in [9.17, 15) is 19.5 Å². The van der Waals surface area contributed by atoms with Crippen molar-refractivity contribution in [2.45, 2.75) is 19.3 Å². The molecule has 3 N–H and O–H groups in total. The molecule has 2 aromatic carbocycles. The van der Waals surface area contributed by atoms with E-state index in [1.165, 1.54) is 0 Å². The van der Waals surface area contributed by atoms with E-state index in [1.54, 1.807) is 24.3 Å². The molecule has 1 aliphatic carbocycles. The van der Waals surface area contributed by atoms with Crippen LogP contribution in [0.2, 0.25) is 0 Å². The van der Waals surface area contributed by atoms with Gasteiger partial charge in [-0.15, -0.1) is 0 Å². The number of carboxylic acids is 1. The van der Waals surface area contributed by atoms with Crippen LogP contribution >= 0.6 is 0 Å². The average Bonchev–Trinajstić information content (AvgIpc) is 3.56. The maximum Gasteiger partial charge on any atom is 0.308 e. The minimum atomic E-state index is -0.964. The normalized spacial score (nSPS) is 13.9. The Kier molecular flexibility index (Phi) is 6.84. The first-order valence-electron chi connectivity index (χ1n) is 9.58. The fourth-order valence-electron chi connectivity index (χ4n) is 2.84. The highest BCUT2D eigenvalue weighted by atomic mass is 16.5. The molecule has 3 rings (SSSR count). The van der Waals surface area contributed by atoms with Crippen molar-refractivity contribution < 1.29 is 24.2 Å².